The zero-order valence-electron chi connectivity index (χ0n) is 16.8. The van der Waals surface area contributed by atoms with E-state index in [-0.39, 0.29) is 30.3 Å². The predicted molar refractivity (Wildman–Crippen MR) is 118 cm³/mol. The van der Waals surface area contributed by atoms with Gasteiger partial charge in [0.15, 0.2) is 0 Å². The number of halogens is 2. The summed E-state index contributed by atoms with van der Waals surface area (Å²) in [5, 5.41) is 3.65. The van der Waals surface area contributed by atoms with Crippen LogP contribution in [0.5, 0.6) is 0 Å². The van der Waals surface area contributed by atoms with Crippen molar-refractivity contribution in [1.82, 2.24) is 10.2 Å². The Bertz CT molecular complexity index is 963. The maximum Gasteiger partial charge on any atom is 0.251 e. The molecule has 1 atom stereocenters. The van der Waals surface area contributed by atoms with Crippen molar-refractivity contribution >= 4 is 46.6 Å². The van der Waals surface area contributed by atoms with Gasteiger partial charge in [-0.15, -0.1) is 0 Å². The Morgan fingerprint density at radius 2 is 1.87 bits per heavy atom. The van der Waals surface area contributed by atoms with E-state index in [2.05, 4.69) is 5.32 Å². The number of benzene rings is 2. The summed E-state index contributed by atoms with van der Waals surface area (Å²) in [7, 11) is 1.66. The molecule has 1 heterocycles. The monoisotopic (exact) mass is 447 g/mol. The first-order valence-electron chi connectivity index (χ1n) is 9.67. The third-order valence-electron chi connectivity index (χ3n) is 5.30. The van der Waals surface area contributed by atoms with E-state index in [0.717, 1.165) is 17.7 Å². The van der Waals surface area contributed by atoms with E-state index < -0.39 is 0 Å². The molecule has 1 fully saturated rings. The number of carbonyl (C=O) groups is 3. The lowest BCUT2D eigenvalue weighted by molar-refractivity contribution is -0.130. The highest BCUT2D eigenvalue weighted by Crippen LogP contribution is 2.29. The van der Waals surface area contributed by atoms with Crippen molar-refractivity contribution in [2.24, 2.45) is 0 Å². The average molecular weight is 448 g/mol. The summed E-state index contributed by atoms with van der Waals surface area (Å²) < 4.78 is 0. The van der Waals surface area contributed by atoms with Crippen LogP contribution < -0.4 is 10.2 Å². The Morgan fingerprint density at radius 3 is 2.47 bits per heavy atom. The Balaban J connectivity index is 1.57. The van der Waals surface area contributed by atoms with Crippen LogP contribution in [0, 0.1) is 0 Å². The number of anilines is 1. The highest BCUT2D eigenvalue weighted by molar-refractivity contribution is 6.35. The second-order valence-electron chi connectivity index (χ2n) is 7.22. The third-order valence-corrected chi connectivity index (χ3v) is 5.86. The third kappa shape index (κ3) is 4.94. The zero-order valence-corrected chi connectivity index (χ0v) is 18.3. The van der Waals surface area contributed by atoms with Gasteiger partial charge in [-0.1, -0.05) is 29.3 Å². The lowest BCUT2D eigenvalue weighted by Crippen LogP contribution is -2.39. The highest BCUT2D eigenvalue weighted by Gasteiger charge is 2.22. The number of nitrogens with zero attached hydrogens (tertiary/aromatic N) is 2. The van der Waals surface area contributed by atoms with Gasteiger partial charge in [0.1, 0.15) is 0 Å². The molecule has 1 saturated heterocycles. The molecule has 0 spiro atoms. The molecule has 1 unspecified atom stereocenters. The molecule has 1 aliphatic heterocycles. The molecule has 2 aromatic rings. The van der Waals surface area contributed by atoms with Gasteiger partial charge < -0.3 is 15.1 Å². The summed E-state index contributed by atoms with van der Waals surface area (Å²) in [6.07, 6.45) is 1.40. The molecule has 0 saturated carbocycles. The summed E-state index contributed by atoms with van der Waals surface area (Å²) in [5.41, 5.74) is 1.98. The molecule has 0 bridgehead atoms. The summed E-state index contributed by atoms with van der Waals surface area (Å²) >= 11 is 12.2. The largest absolute Gasteiger partial charge is 0.343 e. The molecule has 3 rings (SSSR count). The Labute approximate surface area is 185 Å². The van der Waals surface area contributed by atoms with E-state index in [4.69, 9.17) is 23.2 Å². The van der Waals surface area contributed by atoms with E-state index in [1.54, 1.807) is 54.4 Å². The maximum absolute atomic E-state index is 12.5. The van der Waals surface area contributed by atoms with Gasteiger partial charge in [0.2, 0.25) is 11.8 Å². The number of likely N-dealkylation sites (N-methyl/N-ethyl adjacent to an activating group) is 1. The molecular formula is C22H23Cl2N3O3. The van der Waals surface area contributed by atoms with E-state index in [1.165, 1.54) is 4.90 Å². The quantitative estimate of drug-likeness (QED) is 0.725. The smallest absolute Gasteiger partial charge is 0.251 e. The summed E-state index contributed by atoms with van der Waals surface area (Å²) in [6, 6.07) is 11.7. The number of rotatable bonds is 6. The van der Waals surface area contributed by atoms with Crippen LogP contribution in [0.15, 0.2) is 42.5 Å². The number of nitrogens with one attached hydrogen (secondary N) is 1. The van der Waals surface area contributed by atoms with Crippen molar-refractivity contribution < 1.29 is 14.4 Å². The molecular weight excluding hydrogens is 425 g/mol. The SMILES string of the molecule is CC(c1ccc(Cl)cc1Cl)N(C)C(=O)CNC(=O)c1ccc(N2CCCC2=O)cc1. The van der Waals surface area contributed by atoms with Crippen LogP contribution in [0.4, 0.5) is 5.69 Å². The first kappa shape index (κ1) is 22.1. The molecule has 8 heteroatoms. The first-order chi connectivity index (χ1) is 14.3. The lowest BCUT2D eigenvalue weighted by Gasteiger charge is -2.26. The fraction of sp³-hybridized carbons (Fsp3) is 0.318. The second kappa shape index (κ2) is 9.49. The van der Waals surface area contributed by atoms with Gasteiger partial charge in [-0.05, 0) is 55.3 Å². The molecule has 2 aromatic carbocycles. The first-order valence-corrected chi connectivity index (χ1v) is 10.4. The van der Waals surface area contributed by atoms with Crippen LogP contribution in [0.25, 0.3) is 0 Å². The van der Waals surface area contributed by atoms with Gasteiger partial charge >= 0.3 is 0 Å². The molecule has 1 N–H and O–H groups in total. The second-order valence-corrected chi connectivity index (χ2v) is 8.07. The van der Waals surface area contributed by atoms with E-state index in [9.17, 15) is 14.4 Å². The van der Waals surface area contributed by atoms with Gasteiger partial charge in [-0.25, -0.2) is 0 Å². The standard InChI is InChI=1S/C22H23Cl2N3O3/c1-14(18-10-7-16(23)12-19(18)24)26(2)21(29)13-25-22(30)15-5-8-17(9-6-15)27-11-3-4-20(27)28/h5-10,12,14H,3-4,11,13H2,1-2H3,(H,25,30). The highest BCUT2D eigenvalue weighted by atomic mass is 35.5. The molecule has 0 radical (unpaired) electrons. The minimum Gasteiger partial charge on any atom is -0.343 e. The van der Waals surface area contributed by atoms with Crippen LogP contribution in [0.2, 0.25) is 10.0 Å². The van der Waals surface area contributed by atoms with Gasteiger partial charge in [-0.3, -0.25) is 14.4 Å². The number of hydrogen-bond acceptors (Lipinski definition) is 3. The molecule has 6 nitrogen and oxygen atoms in total. The molecule has 0 aromatic heterocycles. The van der Waals surface area contributed by atoms with E-state index in [0.29, 0.717) is 28.6 Å². The van der Waals surface area contributed by atoms with Crippen LogP contribution in [0.1, 0.15) is 41.7 Å². The van der Waals surface area contributed by atoms with Crippen molar-refractivity contribution in [3.63, 3.8) is 0 Å². The van der Waals surface area contributed by atoms with Crippen LogP contribution >= 0.6 is 23.2 Å². The number of hydrogen-bond donors (Lipinski definition) is 1. The summed E-state index contributed by atoms with van der Waals surface area (Å²) in [4.78, 5) is 40.0. The van der Waals surface area contributed by atoms with Crippen molar-refractivity contribution in [2.45, 2.75) is 25.8 Å². The molecule has 30 heavy (non-hydrogen) atoms. The van der Waals surface area contributed by atoms with Gasteiger partial charge in [0.05, 0.1) is 12.6 Å². The van der Waals surface area contributed by atoms with Gasteiger partial charge in [-0.2, -0.15) is 0 Å². The number of carbonyl (C=O) groups excluding carboxylic acids is 3. The zero-order chi connectivity index (χ0) is 21.8. The average Bonchev–Trinajstić information content (AvgIpc) is 3.16. The molecule has 3 amide bonds. The predicted octanol–water partition coefficient (Wildman–Crippen LogP) is 4.07. The van der Waals surface area contributed by atoms with Crippen LogP contribution in [-0.2, 0) is 9.59 Å². The molecule has 1 aliphatic rings. The van der Waals surface area contributed by atoms with Crippen LogP contribution in [-0.4, -0.2) is 42.8 Å². The topological polar surface area (TPSA) is 69.7 Å². The normalized spacial score (nSPS) is 14.5. The molecule has 0 aliphatic carbocycles. The van der Waals surface area contributed by atoms with Crippen molar-refractivity contribution in [2.75, 3.05) is 25.0 Å². The summed E-state index contributed by atoms with van der Waals surface area (Å²) in [6.45, 7) is 2.41. The number of amides is 3. The van der Waals surface area contributed by atoms with Gasteiger partial charge in [0, 0.05) is 41.3 Å². The van der Waals surface area contributed by atoms with Crippen molar-refractivity contribution in [3.05, 3.63) is 63.6 Å². The van der Waals surface area contributed by atoms with Crippen molar-refractivity contribution in [1.29, 1.82) is 0 Å². The minimum absolute atomic E-state index is 0.0933. The van der Waals surface area contributed by atoms with Crippen LogP contribution in [0.3, 0.4) is 0 Å². The fourth-order valence-corrected chi connectivity index (χ4v) is 3.93. The van der Waals surface area contributed by atoms with Gasteiger partial charge in [0.25, 0.3) is 5.91 Å². The Hall–Kier alpha value is -2.57. The maximum atomic E-state index is 12.5. The Morgan fingerprint density at radius 1 is 1.17 bits per heavy atom. The minimum atomic E-state index is -0.353. The van der Waals surface area contributed by atoms with E-state index >= 15 is 0 Å². The molecule has 158 valence electrons. The summed E-state index contributed by atoms with van der Waals surface area (Å²) in [5.74, 6) is -0.509. The fourth-order valence-electron chi connectivity index (χ4n) is 3.36. The Kier molecular flexibility index (Phi) is 7.00. The lowest BCUT2D eigenvalue weighted by atomic mass is 10.1. The van der Waals surface area contributed by atoms with E-state index in [1.807, 2.05) is 6.92 Å². The van der Waals surface area contributed by atoms with Crippen molar-refractivity contribution in [3.8, 4) is 0 Å².